The Balaban J connectivity index is 2.77. The summed E-state index contributed by atoms with van der Waals surface area (Å²) in [6.45, 7) is 0. The fourth-order valence-electron chi connectivity index (χ4n) is 0.978. The van der Waals surface area contributed by atoms with E-state index in [1.807, 2.05) is 0 Å². The van der Waals surface area contributed by atoms with Crippen LogP contribution in [0.2, 0.25) is 0 Å². The minimum absolute atomic E-state index is 0.166. The molecule has 0 aliphatic rings. The van der Waals surface area contributed by atoms with Crippen LogP contribution in [0.15, 0.2) is 24.3 Å². The van der Waals surface area contributed by atoms with Crippen molar-refractivity contribution in [3.05, 3.63) is 24.3 Å². The molecular formula is C8H11N3O2S2. The first-order valence-corrected chi connectivity index (χ1v) is 6.31. The standard InChI is InChI=1S/C8H11N3O2S2/c1-15(12,13)11-7-4-2-6(3-5-7)10-8(9)14/h2-5,11H,1H3,(H3,9,10,14). The van der Waals surface area contributed by atoms with Gasteiger partial charge in [0, 0.05) is 11.4 Å². The second kappa shape index (κ2) is 4.45. The molecule has 82 valence electrons. The summed E-state index contributed by atoms with van der Waals surface area (Å²) in [5.41, 5.74) is 6.47. The molecule has 0 heterocycles. The van der Waals surface area contributed by atoms with Crippen LogP contribution < -0.4 is 15.8 Å². The number of anilines is 2. The van der Waals surface area contributed by atoms with Gasteiger partial charge in [-0.1, -0.05) is 0 Å². The van der Waals surface area contributed by atoms with Crippen LogP contribution >= 0.6 is 12.2 Å². The first-order valence-electron chi connectivity index (χ1n) is 4.01. The molecule has 0 radical (unpaired) electrons. The topological polar surface area (TPSA) is 84.2 Å². The molecule has 0 bridgehead atoms. The van der Waals surface area contributed by atoms with E-state index >= 15 is 0 Å². The number of rotatable bonds is 3. The molecule has 4 N–H and O–H groups in total. The van der Waals surface area contributed by atoms with Gasteiger partial charge in [0.1, 0.15) is 0 Å². The van der Waals surface area contributed by atoms with E-state index < -0.39 is 10.0 Å². The number of thiocarbonyl (C=S) groups is 1. The quantitative estimate of drug-likeness (QED) is 0.683. The molecule has 1 aromatic rings. The van der Waals surface area contributed by atoms with Crippen LogP contribution in [0.1, 0.15) is 0 Å². The molecule has 0 unspecified atom stereocenters. The summed E-state index contributed by atoms with van der Waals surface area (Å²) in [5.74, 6) is 0. The van der Waals surface area contributed by atoms with Crippen LogP contribution in [0.5, 0.6) is 0 Å². The van der Waals surface area contributed by atoms with Gasteiger partial charge in [-0.2, -0.15) is 0 Å². The van der Waals surface area contributed by atoms with Crippen LogP contribution in [0.3, 0.4) is 0 Å². The van der Waals surface area contributed by atoms with E-state index in [0.29, 0.717) is 11.4 Å². The Labute approximate surface area is 93.7 Å². The van der Waals surface area contributed by atoms with E-state index in [4.69, 9.17) is 5.73 Å². The molecular weight excluding hydrogens is 234 g/mol. The highest BCUT2D eigenvalue weighted by Crippen LogP contribution is 2.13. The molecule has 7 heteroatoms. The number of nitrogens with one attached hydrogen (secondary N) is 2. The molecule has 0 spiro atoms. The van der Waals surface area contributed by atoms with Gasteiger partial charge >= 0.3 is 0 Å². The Kier molecular flexibility index (Phi) is 3.48. The van der Waals surface area contributed by atoms with Crippen LogP contribution in [0, 0.1) is 0 Å². The third-order valence-electron chi connectivity index (χ3n) is 1.46. The summed E-state index contributed by atoms with van der Waals surface area (Å²) < 4.78 is 24.1. The van der Waals surface area contributed by atoms with Gasteiger partial charge in [0.25, 0.3) is 0 Å². The lowest BCUT2D eigenvalue weighted by Gasteiger charge is -2.06. The van der Waals surface area contributed by atoms with Crippen LogP contribution in [0.25, 0.3) is 0 Å². The van der Waals surface area contributed by atoms with Gasteiger partial charge in [-0.25, -0.2) is 8.42 Å². The van der Waals surface area contributed by atoms with E-state index in [1.165, 1.54) is 0 Å². The largest absolute Gasteiger partial charge is 0.376 e. The van der Waals surface area contributed by atoms with Gasteiger partial charge in [-0.3, -0.25) is 4.72 Å². The average Bonchev–Trinajstić information content (AvgIpc) is 2.05. The van der Waals surface area contributed by atoms with Gasteiger partial charge in [0.05, 0.1) is 6.26 Å². The molecule has 15 heavy (non-hydrogen) atoms. The van der Waals surface area contributed by atoms with Gasteiger partial charge < -0.3 is 11.1 Å². The van der Waals surface area contributed by atoms with E-state index in [9.17, 15) is 8.42 Å². The summed E-state index contributed by atoms with van der Waals surface area (Å²) in [6, 6.07) is 6.57. The Morgan fingerprint density at radius 2 is 1.73 bits per heavy atom. The van der Waals surface area contributed by atoms with Crippen molar-refractivity contribution in [3.63, 3.8) is 0 Å². The first-order chi connectivity index (χ1) is 6.87. The molecule has 0 saturated carbocycles. The highest BCUT2D eigenvalue weighted by molar-refractivity contribution is 7.92. The van der Waals surface area contributed by atoms with Crippen molar-refractivity contribution in [3.8, 4) is 0 Å². The van der Waals surface area contributed by atoms with Gasteiger partial charge in [0.2, 0.25) is 10.0 Å². The van der Waals surface area contributed by atoms with Gasteiger partial charge in [-0.05, 0) is 36.5 Å². The molecule has 0 aliphatic carbocycles. The smallest absolute Gasteiger partial charge is 0.229 e. The minimum atomic E-state index is -3.23. The van der Waals surface area contributed by atoms with Crippen molar-refractivity contribution in [1.82, 2.24) is 0 Å². The zero-order valence-corrected chi connectivity index (χ0v) is 9.65. The summed E-state index contributed by atoms with van der Waals surface area (Å²) >= 11 is 4.65. The minimum Gasteiger partial charge on any atom is -0.376 e. The molecule has 0 amide bonds. The average molecular weight is 245 g/mol. The number of hydrogen-bond acceptors (Lipinski definition) is 3. The predicted molar refractivity (Wildman–Crippen MR) is 65.3 cm³/mol. The van der Waals surface area contributed by atoms with Crippen LogP contribution in [-0.2, 0) is 10.0 Å². The lowest BCUT2D eigenvalue weighted by Crippen LogP contribution is -2.18. The Bertz CT molecular complexity index is 453. The fourth-order valence-corrected chi connectivity index (χ4v) is 1.66. The maximum Gasteiger partial charge on any atom is 0.229 e. The lowest BCUT2D eigenvalue weighted by molar-refractivity contribution is 0.607. The van der Waals surface area contributed by atoms with E-state index in [1.54, 1.807) is 24.3 Å². The lowest BCUT2D eigenvalue weighted by atomic mass is 10.3. The van der Waals surface area contributed by atoms with E-state index in [2.05, 4.69) is 22.3 Å². The highest BCUT2D eigenvalue weighted by Gasteiger charge is 2.01. The van der Waals surface area contributed by atoms with Crippen molar-refractivity contribution in [2.24, 2.45) is 5.73 Å². The fraction of sp³-hybridized carbons (Fsp3) is 0.125. The number of sulfonamides is 1. The van der Waals surface area contributed by atoms with Crippen molar-refractivity contribution in [2.45, 2.75) is 0 Å². The van der Waals surface area contributed by atoms with Gasteiger partial charge in [0.15, 0.2) is 5.11 Å². The van der Waals surface area contributed by atoms with E-state index in [-0.39, 0.29) is 5.11 Å². The second-order valence-electron chi connectivity index (χ2n) is 2.94. The summed E-state index contributed by atoms with van der Waals surface area (Å²) in [4.78, 5) is 0. The molecule has 5 nitrogen and oxygen atoms in total. The molecule has 0 atom stereocenters. The third kappa shape index (κ3) is 4.61. The second-order valence-corrected chi connectivity index (χ2v) is 5.13. The molecule has 1 aromatic carbocycles. The zero-order valence-electron chi connectivity index (χ0n) is 8.02. The maximum atomic E-state index is 10.9. The van der Waals surface area contributed by atoms with Crippen molar-refractivity contribution < 1.29 is 8.42 Å². The molecule has 0 saturated heterocycles. The Morgan fingerprint density at radius 3 is 2.13 bits per heavy atom. The summed E-state index contributed by atoms with van der Waals surface area (Å²) in [7, 11) is -3.23. The Morgan fingerprint density at radius 1 is 1.27 bits per heavy atom. The molecule has 0 aromatic heterocycles. The summed E-state index contributed by atoms with van der Waals surface area (Å²) in [6.07, 6.45) is 1.09. The first kappa shape index (κ1) is 11.7. The monoisotopic (exact) mass is 245 g/mol. The number of benzene rings is 1. The van der Waals surface area contributed by atoms with Crippen molar-refractivity contribution in [1.29, 1.82) is 0 Å². The van der Waals surface area contributed by atoms with Crippen molar-refractivity contribution >= 4 is 38.7 Å². The van der Waals surface area contributed by atoms with E-state index in [0.717, 1.165) is 6.26 Å². The predicted octanol–water partition coefficient (Wildman–Crippen LogP) is 0.714. The highest BCUT2D eigenvalue weighted by atomic mass is 32.2. The third-order valence-corrected chi connectivity index (χ3v) is 2.16. The maximum absolute atomic E-state index is 10.9. The normalized spacial score (nSPS) is 10.7. The Hall–Kier alpha value is -1.34. The van der Waals surface area contributed by atoms with Crippen molar-refractivity contribution in [2.75, 3.05) is 16.3 Å². The molecule has 0 aliphatic heterocycles. The summed E-state index contributed by atoms with van der Waals surface area (Å²) in [5, 5.41) is 2.89. The van der Waals surface area contributed by atoms with Crippen LogP contribution in [0.4, 0.5) is 11.4 Å². The molecule has 0 fully saturated rings. The van der Waals surface area contributed by atoms with Gasteiger partial charge in [-0.15, -0.1) is 0 Å². The zero-order chi connectivity index (χ0) is 11.5. The number of nitrogens with two attached hydrogens (primary N) is 1. The van der Waals surface area contributed by atoms with Crippen LogP contribution in [-0.4, -0.2) is 19.8 Å². The SMILES string of the molecule is CS(=O)(=O)Nc1ccc(NC(N)=S)cc1. The number of hydrogen-bond donors (Lipinski definition) is 3. The molecule has 1 rings (SSSR count).